The average molecular weight is 336 g/mol. The van der Waals surface area contributed by atoms with E-state index in [2.05, 4.69) is 0 Å². The van der Waals surface area contributed by atoms with Crippen molar-refractivity contribution in [3.63, 3.8) is 0 Å². The van der Waals surface area contributed by atoms with Gasteiger partial charge >= 0.3 is 12.1 Å². The molecule has 0 bridgehead atoms. The lowest BCUT2D eigenvalue weighted by Gasteiger charge is -2.33. The molecule has 7 nitrogen and oxygen atoms in total. The second-order valence-electron chi connectivity index (χ2n) is 7.12. The van der Waals surface area contributed by atoms with Gasteiger partial charge < -0.3 is 19.3 Å². The van der Waals surface area contributed by atoms with Gasteiger partial charge in [0, 0.05) is 31.9 Å². The van der Waals surface area contributed by atoms with Crippen LogP contribution in [0.2, 0.25) is 0 Å². The van der Waals surface area contributed by atoms with Crippen LogP contribution >= 0.6 is 0 Å². The van der Waals surface area contributed by atoms with Gasteiger partial charge in [0.25, 0.3) is 5.56 Å². The highest BCUT2D eigenvalue weighted by atomic mass is 16.6. The fraction of sp³-hybridized carbons (Fsp3) is 0.588. The molecule has 7 heteroatoms. The Hall–Kier alpha value is -2.31. The number of hydrogen-bond donors (Lipinski definition) is 1. The first-order valence-corrected chi connectivity index (χ1v) is 8.07. The molecule has 1 aromatic rings. The summed E-state index contributed by atoms with van der Waals surface area (Å²) in [5, 5.41) is 8.89. The predicted octanol–water partition coefficient (Wildman–Crippen LogP) is 2.19. The van der Waals surface area contributed by atoms with Crippen molar-refractivity contribution in [2.45, 2.75) is 45.8 Å². The third-order valence-electron chi connectivity index (χ3n) is 3.96. The van der Waals surface area contributed by atoms with Gasteiger partial charge in [-0.25, -0.2) is 9.59 Å². The van der Waals surface area contributed by atoms with Gasteiger partial charge in [-0.15, -0.1) is 0 Å². The minimum Gasteiger partial charge on any atom is -0.478 e. The van der Waals surface area contributed by atoms with Crippen LogP contribution in [0.1, 0.15) is 44.0 Å². The fourth-order valence-corrected chi connectivity index (χ4v) is 2.69. The quantitative estimate of drug-likeness (QED) is 0.914. The van der Waals surface area contributed by atoms with Crippen molar-refractivity contribution >= 4 is 12.1 Å². The first-order valence-electron chi connectivity index (χ1n) is 8.07. The molecule has 1 saturated heterocycles. The van der Waals surface area contributed by atoms with E-state index in [1.807, 2.05) is 20.8 Å². The minimum atomic E-state index is -1.11. The van der Waals surface area contributed by atoms with Crippen LogP contribution in [-0.2, 0) is 11.3 Å². The van der Waals surface area contributed by atoms with Crippen molar-refractivity contribution < 1.29 is 19.4 Å². The summed E-state index contributed by atoms with van der Waals surface area (Å²) in [6.07, 6.45) is 2.79. The number of carboxylic acid groups (broad SMARTS) is 1. The zero-order valence-electron chi connectivity index (χ0n) is 14.3. The van der Waals surface area contributed by atoms with Crippen molar-refractivity contribution in [2.75, 3.05) is 13.1 Å². The number of amides is 1. The summed E-state index contributed by atoms with van der Waals surface area (Å²) in [5.74, 6) is -0.831. The first-order chi connectivity index (χ1) is 11.2. The van der Waals surface area contributed by atoms with Gasteiger partial charge in [0.05, 0.1) is 5.56 Å². The van der Waals surface area contributed by atoms with Crippen molar-refractivity contribution in [3.05, 3.63) is 34.2 Å². The number of piperidine rings is 1. The molecular weight excluding hydrogens is 312 g/mol. The van der Waals surface area contributed by atoms with Crippen LogP contribution in [0.3, 0.4) is 0 Å². The van der Waals surface area contributed by atoms with Crippen LogP contribution in [0, 0.1) is 5.92 Å². The molecule has 1 aliphatic heterocycles. The molecule has 132 valence electrons. The summed E-state index contributed by atoms with van der Waals surface area (Å²) in [6, 6.07) is 2.57. The molecule has 1 amide bonds. The first kappa shape index (κ1) is 18.0. The zero-order chi connectivity index (χ0) is 17.9. The zero-order valence-corrected chi connectivity index (χ0v) is 14.3. The van der Waals surface area contributed by atoms with Gasteiger partial charge in [-0.3, -0.25) is 4.79 Å². The van der Waals surface area contributed by atoms with E-state index in [9.17, 15) is 14.4 Å². The van der Waals surface area contributed by atoms with Crippen LogP contribution in [0.4, 0.5) is 4.79 Å². The van der Waals surface area contributed by atoms with E-state index in [-0.39, 0.29) is 23.1 Å². The van der Waals surface area contributed by atoms with E-state index in [4.69, 9.17) is 9.84 Å². The standard InChI is InChI=1S/C17H24N2O5/c1-17(2,3)24-16(23)18-7-4-12(5-8-18)11-19-9-6-13(15(21)22)10-14(19)20/h6,9-10,12H,4-5,7-8,11H2,1-3H3,(H,21,22). The largest absolute Gasteiger partial charge is 0.478 e. The molecule has 0 radical (unpaired) electrons. The Bertz CT molecular complexity index is 666. The molecule has 0 atom stereocenters. The minimum absolute atomic E-state index is 0.00371. The van der Waals surface area contributed by atoms with Gasteiger partial charge in [0.1, 0.15) is 5.60 Å². The Morgan fingerprint density at radius 3 is 2.42 bits per heavy atom. The van der Waals surface area contributed by atoms with Crippen LogP contribution in [-0.4, -0.2) is 45.3 Å². The molecule has 0 aromatic carbocycles. The smallest absolute Gasteiger partial charge is 0.410 e. The molecule has 2 rings (SSSR count). The number of likely N-dealkylation sites (tertiary alicyclic amines) is 1. The molecular formula is C17H24N2O5. The predicted molar refractivity (Wildman–Crippen MR) is 88.2 cm³/mol. The lowest BCUT2D eigenvalue weighted by molar-refractivity contribution is 0.0178. The van der Waals surface area contributed by atoms with Crippen LogP contribution < -0.4 is 5.56 Å². The number of carboxylic acids is 1. The molecule has 0 saturated carbocycles. The van der Waals surface area contributed by atoms with Crippen LogP contribution in [0.25, 0.3) is 0 Å². The summed E-state index contributed by atoms with van der Waals surface area (Å²) in [5.41, 5.74) is -0.826. The van der Waals surface area contributed by atoms with Gasteiger partial charge in [-0.05, 0) is 45.6 Å². The summed E-state index contributed by atoms with van der Waals surface area (Å²) in [4.78, 5) is 36.5. The Labute approximate surface area is 140 Å². The maximum Gasteiger partial charge on any atom is 0.410 e. The number of ether oxygens (including phenoxy) is 1. The lowest BCUT2D eigenvalue weighted by Crippen LogP contribution is -2.42. The average Bonchev–Trinajstić information content (AvgIpc) is 2.48. The number of pyridine rings is 1. The summed E-state index contributed by atoms with van der Waals surface area (Å²) < 4.78 is 6.89. The number of aromatic carboxylic acids is 1. The normalized spacial score (nSPS) is 16.0. The molecule has 24 heavy (non-hydrogen) atoms. The van der Waals surface area contributed by atoms with Gasteiger partial charge in [0.2, 0.25) is 0 Å². The number of carbonyl (C=O) groups excluding carboxylic acids is 1. The molecule has 0 unspecified atom stereocenters. The molecule has 1 aliphatic rings. The summed E-state index contributed by atoms with van der Waals surface area (Å²) >= 11 is 0. The maximum atomic E-state index is 12.0. The Morgan fingerprint density at radius 2 is 1.92 bits per heavy atom. The van der Waals surface area contributed by atoms with Crippen molar-refractivity contribution in [1.29, 1.82) is 0 Å². The maximum absolute atomic E-state index is 12.0. The van der Waals surface area contributed by atoms with E-state index >= 15 is 0 Å². The molecule has 0 aliphatic carbocycles. The summed E-state index contributed by atoms with van der Waals surface area (Å²) in [7, 11) is 0. The molecule has 1 fully saturated rings. The van der Waals surface area contributed by atoms with Crippen LogP contribution in [0.15, 0.2) is 23.1 Å². The van der Waals surface area contributed by atoms with Crippen molar-refractivity contribution in [2.24, 2.45) is 5.92 Å². The van der Waals surface area contributed by atoms with Gasteiger partial charge in [-0.2, -0.15) is 0 Å². The Balaban J connectivity index is 1.90. The SMILES string of the molecule is CC(C)(C)OC(=O)N1CCC(Cn2ccc(C(=O)O)cc2=O)CC1. The van der Waals surface area contributed by atoms with Crippen molar-refractivity contribution in [3.8, 4) is 0 Å². The summed E-state index contributed by atoms with van der Waals surface area (Å²) in [6.45, 7) is 7.24. The third kappa shape index (κ3) is 4.84. The van der Waals surface area contributed by atoms with E-state index < -0.39 is 11.6 Å². The van der Waals surface area contributed by atoms with Gasteiger partial charge in [0.15, 0.2) is 0 Å². The molecule has 0 spiro atoms. The highest BCUT2D eigenvalue weighted by Crippen LogP contribution is 2.20. The number of hydrogen-bond acceptors (Lipinski definition) is 4. The lowest BCUT2D eigenvalue weighted by atomic mass is 9.97. The number of aromatic nitrogens is 1. The number of carbonyl (C=O) groups is 2. The van der Waals surface area contributed by atoms with Crippen molar-refractivity contribution in [1.82, 2.24) is 9.47 Å². The molecule has 1 aromatic heterocycles. The Kier molecular flexibility index (Phi) is 5.31. The highest BCUT2D eigenvalue weighted by molar-refractivity contribution is 5.87. The monoisotopic (exact) mass is 336 g/mol. The molecule has 1 N–H and O–H groups in total. The highest BCUT2D eigenvalue weighted by Gasteiger charge is 2.27. The van der Waals surface area contributed by atoms with Gasteiger partial charge in [-0.1, -0.05) is 0 Å². The second kappa shape index (κ2) is 7.07. The number of rotatable bonds is 3. The van der Waals surface area contributed by atoms with E-state index in [1.165, 1.54) is 16.8 Å². The number of nitrogens with zero attached hydrogens (tertiary/aromatic N) is 2. The second-order valence-corrected chi connectivity index (χ2v) is 7.12. The van der Waals surface area contributed by atoms with E-state index in [0.29, 0.717) is 19.6 Å². The van der Waals surface area contributed by atoms with E-state index in [0.717, 1.165) is 18.9 Å². The van der Waals surface area contributed by atoms with Crippen LogP contribution in [0.5, 0.6) is 0 Å². The Morgan fingerprint density at radius 1 is 1.29 bits per heavy atom. The van der Waals surface area contributed by atoms with E-state index in [1.54, 1.807) is 4.90 Å². The topological polar surface area (TPSA) is 88.8 Å². The molecule has 2 heterocycles. The fourth-order valence-electron chi connectivity index (χ4n) is 2.69. The third-order valence-corrected chi connectivity index (χ3v) is 3.96.